The number of hydrogen-bond acceptors (Lipinski definition) is 4. The smallest absolute Gasteiger partial charge is 0.384 e. The first-order valence-electron chi connectivity index (χ1n) is 4.94. The van der Waals surface area contributed by atoms with Crippen molar-refractivity contribution in [3.05, 3.63) is 33.9 Å². The van der Waals surface area contributed by atoms with Crippen LogP contribution in [0.5, 0.6) is 0 Å². The quantitative estimate of drug-likeness (QED) is 0.510. The second kappa shape index (κ2) is 5.94. The van der Waals surface area contributed by atoms with Gasteiger partial charge in [0.25, 0.3) is 5.69 Å². The molecular formula is C10H11F3N2O2S. The number of benzene rings is 1. The van der Waals surface area contributed by atoms with Gasteiger partial charge in [-0.05, 0) is 18.4 Å². The van der Waals surface area contributed by atoms with E-state index in [9.17, 15) is 23.3 Å². The van der Waals surface area contributed by atoms with Crippen LogP contribution in [0.25, 0.3) is 0 Å². The van der Waals surface area contributed by atoms with Crippen LogP contribution in [0, 0.1) is 10.1 Å². The third-order valence-corrected chi connectivity index (χ3v) is 2.75. The normalized spacial score (nSPS) is 11.3. The van der Waals surface area contributed by atoms with Gasteiger partial charge in [-0.2, -0.15) is 24.9 Å². The van der Waals surface area contributed by atoms with Gasteiger partial charge in [0.1, 0.15) is 5.56 Å². The molecule has 0 unspecified atom stereocenters. The largest absolute Gasteiger partial charge is 0.423 e. The summed E-state index contributed by atoms with van der Waals surface area (Å²) in [6.45, 7) is 0.496. The minimum absolute atomic E-state index is 0.224. The average Bonchev–Trinajstić information content (AvgIpc) is 2.28. The van der Waals surface area contributed by atoms with Crippen molar-refractivity contribution in [2.45, 2.75) is 6.18 Å². The number of hydrogen-bond donors (Lipinski definition) is 1. The first-order valence-corrected chi connectivity index (χ1v) is 6.34. The number of nitro groups is 1. The molecule has 100 valence electrons. The molecule has 18 heavy (non-hydrogen) atoms. The molecule has 1 rings (SSSR count). The van der Waals surface area contributed by atoms with Crippen molar-refractivity contribution >= 4 is 23.1 Å². The second-order valence-electron chi connectivity index (χ2n) is 3.41. The topological polar surface area (TPSA) is 55.2 Å². The Morgan fingerprint density at radius 1 is 1.44 bits per heavy atom. The van der Waals surface area contributed by atoms with Crippen molar-refractivity contribution in [2.24, 2.45) is 0 Å². The van der Waals surface area contributed by atoms with Gasteiger partial charge in [0, 0.05) is 24.1 Å². The van der Waals surface area contributed by atoms with E-state index in [4.69, 9.17) is 0 Å². The van der Waals surface area contributed by atoms with E-state index in [1.165, 1.54) is 6.07 Å². The Morgan fingerprint density at radius 3 is 2.61 bits per heavy atom. The third-order valence-electron chi connectivity index (χ3n) is 2.13. The molecule has 0 radical (unpaired) electrons. The van der Waals surface area contributed by atoms with E-state index in [0.29, 0.717) is 6.54 Å². The number of halogens is 3. The molecule has 0 aliphatic carbocycles. The van der Waals surface area contributed by atoms with Crippen molar-refractivity contribution in [1.82, 2.24) is 0 Å². The summed E-state index contributed by atoms with van der Waals surface area (Å²) < 4.78 is 37.9. The lowest BCUT2D eigenvalue weighted by molar-refractivity contribution is -0.388. The Hall–Kier alpha value is -1.44. The predicted octanol–water partition coefficient (Wildman–Crippen LogP) is 3.39. The zero-order valence-electron chi connectivity index (χ0n) is 9.45. The van der Waals surface area contributed by atoms with Crippen molar-refractivity contribution in [3.63, 3.8) is 0 Å². The van der Waals surface area contributed by atoms with Gasteiger partial charge in [0.05, 0.1) is 4.92 Å². The van der Waals surface area contributed by atoms with E-state index in [1.807, 2.05) is 6.26 Å². The third kappa shape index (κ3) is 3.80. The molecule has 0 aliphatic heterocycles. The van der Waals surface area contributed by atoms with Crippen LogP contribution in [0.1, 0.15) is 5.56 Å². The number of rotatable bonds is 5. The fourth-order valence-corrected chi connectivity index (χ4v) is 1.64. The number of thioether (sulfide) groups is 1. The molecule has 0 spiro atoms. The summed E-state index contributed by atoms with van der Waals surface area (Å²) in [4.78, 5) is 9.49. The molecule has 0 atom stereocenters. The first-order chi connectivity index (χ1) is 8.36. The van der Waals surface area contributed by atoms with E-state index < -0.39 is 22.4 Å². The molecule has 1 aromatic rings. The predicted molar refractivity (Wildman–Crippen MR) is 65.0 cm³/mol. The number of nitrogens with zero attached hydrogens (tertiary/aromatic N) is 1. The molecular weight excluding hydrogens is 269 g/mol. The van der Waals surface area contributed by atoms with Crippen molar-refractivity contribution in [2.75, 3.05) is 23.9 Å². The van der Waals surface area contributed by atoms with Crippen LogP contribution >= 0.6 is 11.8 Å². The Morgan fingerprint density at radius 2 is 2.11 bits per heavy atom. The van der Waals surface area contributed by atoms with Crippen LogP contribution in [0.2, 0.25) is 0 Å². The van der Waals surface area contributed by atoms with Gasteiger partial charge in [0.15, 0.2) is 0 Å². The lowest BCUT2D eigenvalue weighted by Gasteiger charge is -2.10. The number of nitrogens with one attached hydrogen (secondary N) is 1. The molecule has 0 amide bonds. The molecule has 0 saturated heterocycles. The fourth-order valence-electron chi connectivity index (χ4n) is 1.33. The van der Waals surface area contributed by atoms with E-state index in [0.717, 1.165) is 17.9 Å². The maximum atomic E-state index is 12.6. The second-order valence-corrected chi connectivity index (χ2v) is 4.39. The summed E-state index contributed by atoms with van der Waals surface area (Å²) in [6, 6.07) is 2.90. The SMILES string of the molecule is CSCCNc1ccc([N+](=O)[O-])c(C(F)(F)F)c1. The van der Waals surface area contributed by atoms with Crippen molar-refractivity contribution in [1.29, 1.82) is 0 Å². The minimum atomic E-state index is -4.74. The van der Waals surface area contributed by atoms with Gasteiger partial charge in [-0.15, -0.1) is 0 Å². The summed E-state index contributed by atoms with van der Waals surface area (Å²) in [5.41, 5.74) is -1.94. The van der Waals surface area contributed by atoms with Gasteiger partial charge < -0.3 is 5.32 Å². The van der Waals surface area contributed by atoms with Gasteiger partial charge in [-0.25, -0.2) is 0 Å². The Balaban J connectivity index is 3.02. The number of alkyl halides is 3. The molecule has 0 aromatic heterocycles. The lowest BCUT2D eigenvalue weighted by Crippen LogP contribution is -2.11. The Bertz CT molecular complexity index is 438. The summed E-state index contributed by atoms with van der Waals surface area (Å²) >= 11 is 1.55. The standard InChI is InChI=1S/C10H11F3N2O2S/c1-18-5-4-14-7-2-3-9(15(16)17)8(6-7)10(11,12)13/h2-3,6,14H,4-5H2,1H3. The van der Waals surface area contributed by atoms with Gasteiger partial charge in [-0.1, -0.05) is 0 Å². The molecule has 1 aromatic carbocycles. The maximum absolute atomic E-state index is 12.6. The fraction of sp³-hybridized carbons (Fsp3) is 0.400. The average molecular weight is 280 g/mol. The minimum Gasteiger partial charge on any atom is -0.384 e. The highest BCUT2D eigenvalue weighted by atomic mass is 32.2. The van der Waals surface area contributed by atoms with Crippen LogP contribution in [0.3, 0.4) is 0 Å². The summed E-state index contributed by atoms with van der Waals surface area (Å²) in [6.07, 6.45) is -2.86. The molecule has 0 bridgehead atoms. The van der Waals surface area contributed by atoms with Crippen molar-refractivity contribution in [3.8, 4) is 0 Å². The monoisotopic (exact) mass is 280 g/mol. The number of anilines is 1. The van der Waals surface area contributed by atoms with Crippen molar-refractivity contribution < 1.29 is 18.1 Å². The number of nitro benzene ring substituents is 1. The molecule has 1 N–H and O–H groups in total. The molecule has 8 heteroatoms. The van der Waals surface area contributed by atoms with Crippen LogP contribution in [0.15, 0.2) is 18.2 Å². The first kappa shape index (κ1) is 14.6. The molecule has 0 saturated carbocycles. The van der Waals surface area contributed by atoms with Gasteiger partial charge >= 0.3 is 6.18 Å². The van der Waals surface area contributed by atoms with Crippen LogP contribution < -0.4 is 5.32 Å². The lowest BCUT2D eigenvalue weighted by atomic mass is 10.1. The highest BCUT2D eigenvalue weighted by Gasteiger charge is 2.38. The Labute approximate surface area is 106 Å². The summed E-state index contributed by atoms with van der Waals surface area (Å²) in [7, 11) is 0. The summed E-state index contributed by atoms with van der Waals surface area (Å²) in [5, 5.41) is 13.3. The Kier molecular flexibility index (Phi) is 4.83. The highest BCUT2D eigenvalue weighted by molar-refractivity contribution is 7.98. The van der Waals surface area contributed by atoms with E-state index in [1.54, 1.807) is 11.8 Å². The molecule has 0 fully saturated rings. The van der Waals surface area contributed by atoms with Gasteiger partial charge in [0.2, 0.25) is 0 Å². The molecule has 0 aliphatic rings. The zero-order valence-corrected chi connectivity index (χ0v) is 10.3. The van der Waals surface area contributed by atoms with E-state index in [2.05, 4.69) is 5.32 Å². The zero-order chi connectivity index (χ0) is 13.8. The highest BCUT2D eigenvalue weighted by Crippen LogP contribution is 2.37. The van der Waals surface area contributed by atoms with Crippen LogP contribution in [0.4, 0.5) is 24.5 Å². The van der Waals surface area contributed by atoms with Gasteiger partial charge in [-0.3, -0.25) is 10.1 Å². The molecule has 0 heterocycles. The van der Waals surface area contributed by atoms with Crippen LogP contribution in [-0.2, 0) is 6.18 Å². The molecule has 4 nitrogen and oxygen atoms in total. The van der Waals surface area contributed by atoms with Crippen LogP contribution in [-0.4, -0.2) is 23.5 Å². The summed E-state index contributed by atoms with van der Waals surface area (Å²) in [5.74, 6) is 0.734. The van der Waals surface area contributed by atoms with E-state index in [-0.39, 0.29) is 5.69 Å². The van der Waals surface area contributed by atoms with E-state index >= 15 is 0 Å². The maximum Gasteiger partial charge on any atom is 0.423 e.